The molecule has 3 aromatic rings. The lowest BCUT2D eigenvalue weighted by molar-refractivity contribution is 0.834. The lowest BCUT2D eigenvalue weighted by Gasteiger charge is -2.02. The van der Waals surface area contributed by atoms with Crippen LogP contribution in [0.4, 0.5) is 0 Å². The minimum absolute atomic E-state index is 0.0975. The first-order valence-electron chi connectivity index (χ1n) is 6.56. The predicted octanol–water partition coefficient (Wildman–Crippen LogP) is 4.93. The summed E-state index contributed by atoms with van der Waals surface area (Å²) in [6, 6.07) is 14.7. The maximum atomic E-state index is 12.6. The van der Waals surface area contributed by atoms with Gasteiger partial charge in [-0.15, -0.1) is 0 Å². The highest BCUT2D eigenvalue weighted by Crippen LogP contribution is 2.34. The highest BCUT2D eigenvalue weighted by Gasteiger charge is 2.15. The molecule has 22 heavy (non-hydrogen) atoms. The van der Waals surface area contributed by atoms with Crippen molar-refractivity contribution in [1.29, 1.82) is 0 Å². The summed E-state index contributed by atoms with van der Waals surface area (Å²) in [5.41, 5.74) is 1.49. The maximum absolute atomic E-state index is 12.6. The van der Waals surface area contributed by atoms with Crippen LogP contribution in [-0.4, -0.2) is 9.78 Å². The van der Waals surface area contributed by atoms with E-state index in [0.29, 0.717) is 14.9 Å². The molecule has 3 rings (SSSR count). The van der Waals surface area contributed by atoms with Gasteiger partial charge in [-0.2, -0.15) is 0 Å². The second-order valence-electron chi connectivity index (χ2n) is 4.72. The molecule has 0 radical (unpaired) electrons. The Morgan fingerprint density at radius 1 is 1.09 bits per heavy atom. The van der Waals surface area contributed by atoms with Crippen LogP contribution in [0.3, 0.4) is 0 Å². The third kappa shape index (κ3) is 2.95. The van der Waals surface area contributed by atoms with Crippen molar-refractivity contribution in [3.8, 4) is 5.69 Å². The zero-order valence-corrected chi connectivity index (χ0v) is 14.0. The van der Waals surface area contributed by atoms with Crippen molar-refractivity contribution in [2.45, 2.75) is 16.7 Å². The van der Waals surface area contributed by atoms with Gasteiger partial charge in [0, 0.05) is 15.6 Å². The number of halogens is 2. The van der Waals surface area contributed by atoms with Crippen LogP contribution in [-0.2, 0) is 0 Å². The molecule has 0 aliphatic carbocycles. The summed E-state index contributed by atoms with van der Waals surface area (Å²) in [4.78, 5) is 14.0. The number of rotatable bonds is 3. The van der Waals surface area contributed by atoms with Crippen molar-refractivity contribution in [3.05, 3.63) is 74.6 Å². The number of hydrogen-bond acceptors (Lipinski definition) is 2. The van der Waals surface area contributed by atoms with E-state index in [2.05, 4.69) is 5.10 Å². The summed E-state index contributed by atoms with van der Waals surface area (Å²) < 4.78 is 1.53. The van der Waals surface area contributed by atoms with E-state index in [-0.39, 0.29) is 5.56 Å². The highest BCUT2D eigenvalue weighted by atomic mass is 35.5. The summed E-state index contributed by atoms with van der Waals surface area (Å²) in [7, 11) is 0. The van der Waals surface area contributed by atoms with Crippen LogP contribution in [0.2, 0.25) is 10.0 Å². The van der Waals surface area contributed by atoms with E-state index in [1.807, 2.05) is 43.3 Å². The Labute approximate surface area is 141 Å². The highest BCUT2D eigenvalue weighted by molar-refractivity contribution is 7.99. The molecule has 1 heterocycles. The molecule has 0 bridgehead atoms. The van der Waals surface area contributed by atoms with E-state index >= 15 is 0 Å². The molecule has 112 valence electrons. The van der Waals surface area contributed by atoms with E-state index in [0.717, 1.165) is 16.3 Å². The number of nitrogens with one attached hydrogen (secondary N) is 1. The van der Waals surface area contributed by atoms with E-state index in [9.17, 15) is 4.79 Å². The first kappa shape index (κ1) is 15.3. The van der Waals surface area contributed by atoms with Crippen LogP contribution in [0, 0.1) is 6.92 Å². The summed E-state index contributed by atoms with van der Waals surface area (Å²) in [5.74, 6) is 0. The molecule has 0 saturated heterocycles. The lowest BCUT2D eigenvalue weighted by Crippen LogP contribution is -2.15. The smallest absolute Gasteiger partial charge is 0.285 e. The fraction of sp³-hybridized carbons (Fsp3) is 0.0625. The van der Waals surface area contributed by atoms with Crippen molar-refractivity contribution in [3.63, 3.8) is 0 Å². The molecule has 2 aromatic carbocycles. The Morgan fingerprint density at radius 2 is 1.82 bits per heavy atom. The Balaban J connectivity index is 2.02. The van der Waals surface area contributed by atoms with E-state index in [1.54, 1.807) is 12.1 Å². The zero-order valence-electron chi connectivity index (χ0n) is 11.6. The first-order chi connectivity index (χ1) is 10.6. The Hall–Kier alpha value is -1.62. The largest absolute Gasteiger partial charge is 0.294 e. The van der Waals surface area contributed by atoms with Crippen LogP contribution in [0.25, 0.3) is 5.69 Å². The SMILES string of the molecule is Cc1[nH]n(-c2ccccc2)c(=O)c1Sc1ccc(Cl)cc1Cl. The number of aromatic nitrogens is 2. The van der Waals surface area contributed by atoms with Crippen molar-refractivity contribution in [1.82, 2.24) is 9.78 Å². The maximum Gasteiger partial charge on any atom is 0.285 e. The third-order valence-electron chi connectivity index (χ3n) is 3.14. The molecule has 1 aromatic heterocycles. The van der Waals surface area contributed by atoms with E-state index in [1.165, 1.54) is 16.4 Å². The van der Waals surface area contributed by atoms with Crippen molar-refractivity contribution in [2.24, 2.45) is 0 Å². The molecule has 0 aliphatic heterocycles. The molecule has 0 atom stereocenters. The molecular formula is C16H12Cl2N2OS. The van der Waals surface area contributed by atoms with Crippen molar-refractivity contribution in [2.75, 3.05) is 0 Å². The number of para-hydroxylation sites is 1. The first-order valence-corrected chi connectivity index (χ1v) is 8.13. The molecule has 1 N–H and O–H groups in total. The number of H-pyrrole nitrogens is 1. The summed E-state index contributed by atoms with van der Waals surface area (Å²) in [6.45, 7) is 1.87. The Bertz CT molecular complexity index is 872. The summed E-state index contributed by atoms with van der Waals surface area (Å²) in [5, 5.41) is 4.20. The monoisotopic (exact) mass is 350 g/mol. The van der Waals surface area contributed by atoms with Crippen LogP contribution < -0.4 is 5.56 Å². The molecule has 6 heteroatoms. The van der Waals surface area contributed by atoms with Crippen molar-refractivity contribution >= 4 is 35.0 Å². The van der Waals surface area contributed by atoms with Gasteiger partial charge in [0.1, 0.15) is 4.90 Å². The van der Waals surface area contributed by atoms with Gasteiger partial charge in [0.25, 0.3) is 5.56 Å². The number of aromatic amines is 1. The molecule has 0 fully saturated rings. The normalized spacial score (nSPS) is 10.9. The van der Waals surface area contributed by atoms with Crippen molar-refractivity contribution < 1.29 is 0 Å². The molecule has 0 spiro atoms. The molecule has 0 aliphatic rings. The lowest BCUT2D eigenvalue weighted by atomic mass is 10.3. The minimum atomic E-state index is -0.0975. The number of benzene rings is 2. The molecule has 3 nitrogen and oxygen atoms in total. The molecule has 0 saturated carbocycles. The van der Waals surface area contributed by atoms with Crippen LogP contribution >= 0.6 is 35.0 Å². The van der Waals surface area contributed by atoms with Gasteiger partial charge in [-0.3, -0.25) is 9.89 Å². The summed E-state index contributed by atoms with van der Waals surface area (Å²) in [6.07, 6.45) is 0. The second kappa shape index (κ2) is 6.24. The standard InChI is InChI=1S/C16H12Cl2N2OS/c1-10-15(22-14-8-7-11(17)9-13(14)18)16(21)20(19-10)12-5-3-2-4-6-12/h2-9,19H,1H3. The van der Waals surface area contributed by atoms with Crippen LogP contribution in [0.1, 0.15) is 5.69 Å². The van der Waals surface area contributed by atoms with Gasteiger partial charge in [-0.1, -0.05) is 53.2 Å². The van der Waals surface area contributed by atoms with Gasteiger partial charge in [0.05, 0.1) is 10.7 Å². The zero-order chi connectivity index (χ0) is 15.7. The van der Waals surface area contributed by atoms with E-state index in [4.69, 9.17) is 23.2 Å². The van der Waals surface area contributed by atoms with Gasteiger partial charge in [-0.05, 0) is 37.3 Å². The number of aryl methyl sites for hydroxylation is 1. The van der Waals surface area contributed by atoms with Gasteiger partial charge in [0.15, 0.2) is 0 Å². The predicted molar refractivity (Wildman–Crippen MR) is 91.7 cm³/mol. The summed E-state index contributed by atoms with van der Waals surface area (Å²) >= 11 is 13.4. The second-order valence-corrected chi connectivity index (χ2v) is 6.61. The molecule has 0 unspecified atom stereocenters. The molecule has 0 amide bonds. The minimum Gasteiger partial charge on any atom is -0.294 e. The van der Waals surface area contributed by atoms with E-state index < -0.39 is 0 Å². The number of nitrogens with zero attached hydrogens (tertiary/aromatic N) is 1. The van der Waals surface area contributed by atoms with Gasteiger partial charge >= 0.3 is 0 Å². The Morgan fingerprint density at radius 3 is 2.50 bits per heavy atom. The van der Waals surface area contributed by atoms with Gasteiger partial charge < -0.3 is 0 Å². The fourth-order valence-electron chi connectivity index (χ4n) is 2.08. The Kier molecular flexibility index (Phi) is 4.34. The van der Waals surface area contributed by atoms with Crippen LogP contribution in [0.15, 0.2) is 63.1 Å². The topological polar surface area (TPSA) is 37.8 Å². The van der Waals surface area contributed by atoms with Gasteiger partial charge in [0.2, 0.25) is 0 Å². The average molecular weight is 351 g/mol. The number of hydrogen-bond donors (Lipinski definition) is 1. The van der Waals surface area contributed by atoms with Crippen LogP contribution in [0.5, 0.6) is 0 Å². The quantitative estimate of drug-likeness (QED) is 0.726. The average Bonchev–Trinajstić information content (AvgIpc) is 2.79. The molecular weight excluding hydrogens is 339 g/mol. The third-order valence-corrected chi connectivity index (χ3v) is 5.06. The fourth-order valence-corrected chi connectivity index (χ4v) is 3.49. The van der Waals surface area contributed by atoms with Gasteiger partial charge in [-0.25, -0.2) is 4.68 Å².